The molecule has 3 heterocycles. The van der Waals surface area contributed by atoms with Gasteiger partial charge < -0.3 is 35.0 Å². The van der Waals surface area contributed by atoms with Crippen molar-refractivity contribution in [2.45, 2.75) is 69.6 Å². The maximum atomic E-state index is 15.3. The van der Waals surface area contributed by atoms with Gasteiger partial charge in [0.2, 0.25) is 11.8 Å². The SMILES string of the molecule is COc1ccc([Si](C)(C)[C@H]2[C@H](CC(=O)N(CCO)Cc3ccccc3)O[C@@]3(C(=O)N(Cc4ccc(NC(=O)C5CCCNC5)cc4)c4ccc(Br)cc43)[C@@H]2C)cc1. The summed E-state index contributed by atoms with van der Waals surface area (Å²) < 4.78 is 13.6. The maximum Gasteiger partial charge on any atom is 0.264 e. The van der Waals surface area contributed by atoms with Crippen molar-refractivity contribution in [1.82, 2.24) is 10.2 Å². The fourth-order valence-corrected chi connectivity index (χ4v) is 13.7. The number of benzene rings is 4. The summed E-state index contributed by atoms with van der Waals surface area (Å²) in [5, 5.41) is 17.6. The molecule has 0 radical (unpaired) electrons. The molecule has 7 rings (SSSR count). The van der Waals surface area contributed by atoms with E-state index in [1.165, 1.54) is 5.19 Å². The molecular formula is C45H53BrN4O6Si. The molecule has 0 saturated carbocycles. The zero-order valence-corrected chi connectivity index (χ0v) is 35.8. The summed E-state index contributed by atoms with van der Waals surface area (Å²) in [6.45, 7) is 9.04. The van der Waals surface area contributed by atoms with E-state index >= 15 is 4.79 Å². The lowest BCUT2D eigenvalue weighted by Crippen LogP contribution is -2.52. The van der Waals surface area contributed by atoms with Crippen LogP contribution in [0.4, 0.5) is 11.4 Å². The average molecular weight is 854 g/mol. The highest BCUT2D eigenvalue weighted by molar-refractivity contribution is 9.10. The number of carbonyl (C=O) groups is 3. The van der Waals surface area contributed by atoms with Crippen molar-refractivity contribution >= 4 is 58.3 Å². The second-order valence-electron chi connectivity index (χ2n) is 16.2. The monoisotopic (exact) mass is 852 g/mol. The molecule has 3 aliphatic rings. The van der Waals surface area contributed by atoms with Crippen molar-refractivity contribution in [3.63, 3.8) is 0 Å². The Morgan fingerprint density at radius 1 is 1.04 bits per heavy atom. The van der Waals surface area contributed by atoms with Gasteiger partial charge in [0.1, 0.15) is 5.75 Å². The lowest BCUT2D eigenvalue weighted by Gasteiger charge is -2.37. The van der Waals surface area contributed by atoms with E-state index < -0.39 is 19.8 Å². The molecular weight excluding hydrogens is 801 g/mol. The van der Waals surface area contributed by atoms with Gasteiger partial charge in [0.25, 0.3) is 5.91 Å². The van der Waals surface area contributed by atoms with Crippen LogP contribution in [0.25, 0.3) is 0 Å². The number of rotatable bonds is 13. The number of nitrogens with zero attached hydrogens (tertiary/aromatic N) is 2. The summed E-state index contributed by atoms with van der Waals surface area (Å²) >= 11 is 3.69. The number of anilines is 2. The summed E-state index contributed by atoms with van der Waals surface area (Å²) in [6, 6.07) is 31.6. The summed E-state index contributed by atoms with van der Waals surface area (Å²) in [5.74, 6) is 0.152. The average Bonchev–Trinajstić information content (AvgIpc) is 3.64. The van der Waals surface area contributed by atoms with Crippen LogP contribution in [0, 0.1) is 11.8 Å². The van der Waals surface area contributed by atoms with Crippen LogP contribution in [0.3, 0.4) is 0 Å². The predicted molar refractivity (Wildman–Crippen MR) is 229 cm³/mol. The number of aliphatic hydroxyl groups excluding tert-OH is 1. The molecule has 4 aromatic carbocycles. The third-order valence-electron chi connectivity index (χ3n) is 12.3. The van der Waals surface area contributed by atoms with E-state index in [1.54, 1.807) is 12.0 Å². The molecule has 10 nitrogen and oxygen atoms in total. The smallest absolute Gasteiger partial charge is 0.264 e. The molecule has 3 aliphatic heterocycles. The van der Waals surface area contributed by atoms with Crippen molar-refractivity contribution < 1.29 is 29.0 Å². The Labute approximate surface area is 345 Å². The molecule has 3 N–H and O–H groups in total. The maximum absolute atomic E-state index is 15.3. The van der Waals surface area contributed by atoms with Crippen LogP contribution in [0.15, 0.2) is 102 Å². The number of carbonyl (C=O) groups excluding carboxylic acids is 3. The molecule has 1 unspecified atom stereocenters. The minimum absolute atomic E-state index is 0.0155. The van der Waals surface area contributed by atoms with Crippen molar-refractivity contribution in [3.8, 4) is 5.75 Å². The Bertz CT molecular complexity index is 2060. The fourth-order valence-electron chi connectivity index (χ4n) is 9.36. The van der Waals surface area contributed by atoms with E-state index in [9.17, 15) is 14.7 Å². The number of hydrogen-bond donors (Lipinski definition) is 3. The van der Waals surface area contributed by atoms with Crippen molar-refractivity contribution in [2.24, 2.45) is 11.8 Å². The number of hydrogen-bond acceptors (Lipinski definition) is 7. The number of nitrogens with one attached hydrogen (secondary N) is 2. The number of ether oxygens (including phenoxy) is 2. The summed E-state index contributed by atoms with van der Waals surface area (Å²) in [6.07, 6.45) is 1.34. The quantitative estimate of drug-likeness (QED) is 0.130. The molecule has 300 valence electrons. The highest BCUT2D eigenvalue weighted by Gasteiger charge is 2.66. The molecule has 0 bridgehead atoms. The van der Waals surface area contributed by atoms with E-state index in [0.29, 0.717) is 19.6 Å². The molecule has 3 amide bonds. The summed E-state index contributed by atoms with van der Waals surface area (Å²) in [4.78, 5) is 46.1. The van der Waals surface area contributed by atoms with Gasteiger partial charge in [-0.05, 0) is 78.5 Å². The zero-order chi connectivity index (χ0) is 40.3. The summed E-state index contributed by atoms with van der Waals surface area (Å²) in [5.41, 5.74) is 2.69. The second kappa shape index (κ2) is 17.3. The van der Waals surface area contributed by atoms with Crippen molar-refractivity contribution in [2.75, 3.05) is 43.6 Å². The third-order valence-corrected chi connectivity index (χ3v) is 17.2. The number of halogens is 1. The molecule has 4 aromatic rings. The predicted octanol–water partition coefficient (Wildman–Crippen LogP) is 6.57. The number of fused-ring (bicyclic) bond motifs is 2. The molecule has 5 atom stereocenters. The van der Waals surface area contributed by atoms with E-state index in [2.05, 4.69) is 58.7 Å². The molecule has 1 spiro atoms. The highest BCUT2D eigenvalue weighted by atomic mass is 79.9. The van der Waals surface area contributed by atoms with Crippen LogP contribution < -0.4 is 25.5 Å². The molecule has 2 fully saturated rings. The molecule has 0 aliphatic carbocycles. The normalized spacial score (nSPS) is 23.1. The first kappa shape index (κ1) is 40.8. The topological polar surface area (TPSA) is 120 Å². The lowest BCUT2D eigenvalue weighted by molar-refractivity contribution is -0.150. The van der Waals surface area contributed by atoms with E-state index in [0.717, 1.165) is 57.7 Å². The van der Waals surface area contributed by atoms with Gasteiger partial charge in [-0.15, -0.1) is 0 Å². The first-order chi connectivity index (χ1) is 27.5. The van der Waals surface area contributed by atoms with Crippen LogP contribution in [-0.4, -0.2) is 75.3 Å². The zero-order valence-electron chi connectivity index (χ0n) is 33.2. The first-order valence-electron chi connectivity index (χ1n) is 19.9. The largest absolute Gasteiger partial charge is 0.497 e. The first-order valence-corrected chi connectivity index (χ1v) is 23.8. The van der Waals surface area contributed by atoms with Crippen LogP contribution in [0.1, 0.15) is 42.9 Å². The highest BCUT2D eigenvalue weighted by Crippen LogP contribution is 2.60. The number of aliphatic hydroxyl groups is 1. The molecule has 2 saturated heterocycles. The number of piperidine rings is 1. The van der Waals surface area contributed by atoms with Gasteiger partial charge >= 0.3 is 0 Å². The molecule has 0 aromatic heterocycles. The minimum Gasteiger partial charge on any atom is -0.497 e. The van der Waals surface area contributed by atoms with Crippen LogP contribution in [0.2, 0.25) is 18.6 Å². The standard InChI is InChI=1S/C45H53BrN4O6Si/c1-30-42(57(3,4)37-19-17-36(55-2)18-20-37)40(26-41(52)49(23-24-51)28-31-9-6-5-7-10-31)56-45(30)38-25-34(46)14-21-39(38)50(44(45)54)29-32-12-15-35(16-13-32)48-43(53)33-11-8-22-47-27-33/h5-7,9-10,12-21,25,30,33,40,42,47,51H,8,11,22-24,26-29H2,1-4H3,(H,48,53)/t30-,33?,40+,42-,45+/m1/s1. The second-order valence-corrected chi connectivity index (χ2v) is 21.8. The van der Waals surface area contributed by atoms with Crippen LogP contribution in [-0.2, 0) is 37.8 Å². The van der Waals surface area contributed by atoms with Gasteiger partial charge in [-0.1, -0.05) is 95.7 Å². The van der Waals surface area contributed by atoms with Gasteiger partial charge in [-0.25, -0.2) is 0 Å². The number of methoxy groups -OCH3 is 1. The minimum atomic E-state index is -2.51. The Morgan fingerprint density at radius 3 is 2.44 bits per heavy atom. The Balaban J connectivity index is 1.21. The van der Waals surface area contributed by atoms with Crippen molar-refractivity contribution in [3.05, 3.63) is 118 Å². The Hall–Kier alpha value is -4.33. The van der Waals surface area contributed by atoms with Crippen molar-refractivity contribution in [1.29, 1.82) is 0 Å². The van der Waals surface area contributed by atoms with Gasteiger partial charge in [0.15, 0.2) is 5.60 Å². The van der Waals surface area contributed by atoms with E-state index in [4.69, 9.17) is 9.47 Å². The van der Waals surface area contributed by atoms with Gasteiger partial charge in [0.05, 0.1) is 52.5 Å². The van der Waals surface area contributed by atoms with E-state index in [-0.39, 0.29) is 54.7 Å². The molecule has 12 heteroatoms. The molecule has 57 heavy (non-hydrogen) atoms. The number of amides is 3. The van der Waals surface area contributed by atoms with Gasteiger partial charge in [-0.3, -0.25) is 14.4 Å². The fraction of sp³-hybridized carbons (Fsp3) is 0.400. The van der Waals surface area contributed by atoms with Crippen LogP contribution >= 0.6 is 15.9 Å². The van der Waals surface area contributed by atoms with Gasteiger partial charge in [0, 0.05) is 41.3 Å². The summed E-state index contributed by atoms with van der Waals surface area (Å²) in [7, 11) is -0.859. The third kappa shape index (κ3) is 8.20. The Kier molecular flexibility index (Phi) is 12.4. The lowest BCUT2D eigenvalue weighted by atomic mass is 9.82. The van der Waals surface area contributed by atoms with E-state index in [1.807, 2.05) is 89.8 Å². The van der Waals surface area contributed by atoms with Gasteiger partial charge in [-0.2, -0.15) is 0 Å². The Morgan fingerprint density at radius 2 is 1.77 bits per heavy atom. The van der Waals surface area contributed by atoms with Crippen LogP contribution in [0.5, 0.6) is 5.75 Å².